The maximum atomic E-state index is 13.4. The van der Waals surface area contributed by atoms with Crippen LogP contribution in [0.2, 0.25) is 0 Å². The highest BCUT2D eigenvalue weighted by molar-refractivity contribution is 7.86. The first-order valence-corrected chi connectivity index (χ1v) is 11.5. The second-order valence-electron chi connectivity index (χ2n) is 5.00. The second kappa shape index (κ2) is 6.42. The maximum absolute atomic E-state index is 13.4. The number of rotatable bonds is 5. The van der Waals surface area contributed by atoms with E-state index in [9.17, 15) is 21.4 Å². The van der Waals surface area contributed by atoms with Crippen LogP contribution in [-0.4, -0.2) is 32.1 Å². The van der Waals surface area contributed by atoms with Crippen molar-refractivity contribution in [1.82, 2.24) is 0 Å². The molecule has 0 saturated carbocycles. The fourth-order valence-electron chi connectivity index (χ4n) is 2.25. The molecule has 0 heterocycles. The quantitative estimate of drug-likeness (QED) is 0.585. The van der Waals surface area contributed by atoms with Gasteiger partial charge >= 0.3 is 0 Å². The molecule has 7 nitrogen and oxygen atoms in total. The van der Waals surface area contributed by atoms with Gasteiger partial charge in [0.2, 0.25) is 0 Å². The van der Waals surface area contributed by atoms with Gasteiger partial charge in [0.05, 0.1) is 9.79 Å². The largest absolute Gasteiger partial charge is 0.314 e. The van der Waals surface area contributed by atoms with Gasteiger partial charge in [-0.2, -0.15) is 16.8 Å². The van der Waals surface area contributed by atoms with Gasteiger partial charge < -0.3 is 4.57 Å². The molecule has 0 atom stereocenters. The van der Waals surface area contributed by atoms with E-state index in [2.05, 4.69) is 0 Å². The van der Waals surface area contributed by atoms with Crippen LogP contribution in [0, 0.1) is 0 Å². The van der Waals surface area contributed by atoms with Crippen LogP contribution in [0.4, 0.5) is 0 Å². The molecule has 0 amide bonds. The van der Waals surface area contributed by atoms with Crippen molar-refractivity contribution in [3.63, 3.8) is 0 Å². The first kappa shape index (κ1) is 18.8. The Morgan fingerprint density at radius 3 is 1.50 bits per heavy atom. The van der Waals surface area contributed by atoms with E-state index in [4.69, 9.17) is 9.11 Å². The van der Waals surface area contributed by atoms with Crippen molar-refractivity contribution in [1.29, 1.82) is 0 Å². The van der Waals surface area contributed by atoms with E-state index in [0.29, 0.717) is 0 Å². The molecular formula is C14H15O7PS2. The Kier molecular flexibility index (Phi) is 5.03. The van der Waals surface area contributed by atoms with E-state index >= 15 is 0 Å². The summed E-state index contributed by atoms with van der Waals surface area (Å²) in [5.41, 5.74) is 0. The molecular weight excluding hydrogens is 375 g/mol. The molecule has 2 aromatic rings. The highest BCUT2D eigenvalue weighted by atomic mass is 32.2. The molecule has 24 heavy (non-hydrogen) atoms. The predicted molar refractivity (Wildman–Crippen MR) is 89.9 cm³/mol. The van der Waals surface area contributed by atoms with Crippen LogP contribution in [0.5, 0.6) is 0 Å². The SMILES string of the molecule is CCP(=O)(c1cccc(S(=O)(=O)O)c1)c1cccc(S(=O)(=O)O)c1. The molecule has 0 fully saturated rings. The van der Waals surface area contributed by atoms with Crippen molar-refractivity contribution < 1.29 is 30.5 Å². The zero-order valence-electron chi connectivity index (χ0n) is 12.5. The van der Waals surface area contributed by atoms with Crippen LogP contribution in [0.1, 0.15) is 6.92 Å². The van der Waals surface area contributed by atoms with E-state index in [0.717, 1.165) is 24.3 Å². The smallest absolute Gasteiger partial charge is 0.294 e. The minimum Gasteiger partial charge on any atom is -0.314 e. The standard InChI is InChI=1S/C14H15O7PS2/c1-2-22(15,11-5-3-7-13(9-11)23(16,17)18)12-6-4-8-14(10-12)24(19,20)21/h3-10H,2H2,1H3,(H,16,17,18)(H,19,20,21). The molecule has 2 N–H and O–H groups in total. The number of hydrogen-bond acceptors (Lipinski definition) is 5. The summed E-state index contributed by atoms with van der Waals surface area (Å²) in [6, 6.07) is 10.1. The van der Waals surface area contributed by atoms with Crippen molar-refractivity contribution >= 4 is 38.0 Å². The summed E-state index contributed by atoms with van der Waals surface area (Å²) in [5, 5.41) is 0.320. The monoisotopic (exact) mass is 390 g/mol. The molecule has 0 aliphatic rings. The fourth-order valence-corrected chi connectivity index (χ4v) is 5.86. The summed E-state index contributed by atoms with van der Waals surface area (Å²) >= 11 is 0. The minimum absolute atomic E-state index is 0.0941. The Labute approximate surface area is 140 Å². The van der Waals surface area contributed by atoms with Crippen molar-refractivity contribution in [2.24, 2.45) is 0 Å². The van der Waals surface area contributed by atoms with Gasteiger partial charge in [-0.1, -0.05) is 31.2 Å². The molecule has 10 heteroatoms. The summed E-state index contributed by atoms with van der Waals surface area (Å²) in [6.45, 7) is 1.61. The lowest BCUT2D eigenvalue weighted by molar-refractivity contribution is 0.481. The summed E-state index contributed by atoms with van der Waals surface area (Å²) in [4.78, 5) is -0.806. The lowest BCUT2D eigenvalue weighted by Crippen LogP contribution is -2.19. The van der Waals surface area contributed by atoms with Gasteiger partial charge in [0.25, 0.3) is 20.2 Å². The van der Waals surface area contributed by atoms with E-state index in [1.807, 2.05) is 0 Å². The predicted octanol–water partition coefficient (Wildman–Crippen LogP) is 1.51. The first-order chi connectivity index (χ1) is 11.0. The van der Waals surface area contributed by atoms with Gasteiger partial charge in [-0.05, 0) is 24.3 Å². The maximum Gasteiger partial charge on any atom is 0.294 e. The Morgan fingerprint density at radius 2 is 1.21 bits per heavy atom. The van der Waals surface area contributed by atoms with Gasteiger partial charge in [0.15, 0.2) is 0 Å². The molecule has 0 aromatic heterocycles. The molecule has 0 unspecified atom stereocenters. The highest BCUT2D eigenvalue weighted by Crippen LogP contribution is 2.43. The Morgan fingerprint density at radius 1 is 0.833 bits per heavy atom. The van der Waals surface area contributed by atoms with E-state index in [1.165, 1.54) is 24.3 Å². The molecule has 0 aliphatic carbocycles. The molecule has 0 spiro atoms. The Hall–Kier alpha value is -1.51. The van der Waals surface area contributed by atoms with Gasteiger partial charge in [-0.25, -0.2) is 0 Å². The van der Waals surface area contributed by atoms with Gasteiger partial charge in [0.1, 0.15) is 7.14 Å². The third-order valence-electron chi connectivity index (χ3n) is 3.51. The zero-order valence-corrected chi connectivity index (χ0v) is 15.1. The number of hydrogen-bond donors (Lipinski definition) is 2. The van der Waals surface area contributed by atoms with E-state index < -0.39 is 37.2 Å². The normalized spacial score (nSPS) is 13.0. The third-order valence-corrected chi connectivity index (χ3v) is 8.33. The second-order valence-corrected chi connectivity index (χ2v) is 11.0. The topological polar surface area (TPSA) is 126 Å². The van der Waals surface area contributed by atoms with Crippen molar-refractivity contribution in [2.45, 2.75) is 16.7 Å². The lowest BCUT2D eigenvalue weighted by atomic mass is 10.4. The average molecular weight is 390 g/mol. The third kappa shape index (κ3) is 3.76. The van der Waals surface area contributed by atoms with E-state index in [1.54, 1.807) is 6.92 Å². The van der Waals surface area contributed by atoms with Gasteiger partial charge in [0, 0.05) is 16.8 Å². The van der Waals surface area contributed by atoms with Crippen LogP contribution in [0.3, 0.4) is 0 Å². The Balaban J connectivity index is 2.68. The van der Waals surface area contributed by atoms with Crippen molar-refractivity contribution in [3.05, 3.63) is 48.5 Å². The molecule has 2 rings (SSSR count). The summed E-state index contributed by atoms with van der Waals surface area (Å²) in [5.74, 6) is 0. The summed E-state index contributed by atoms with van der Waals surface area (Å²) in [6.07, 6.45) is 0.0941. The minimum atomic E-state index is -4.46. The Bertz CT molecular complexity index is 947. The highest BCUT2D eigenvalue weighted by Gasteiger charge is 2.28. The summed E-state index contributed by atoms with van der Waals surface area (Å²) in [7, 11) is -12.3. The van der Waals surface area contributed by atoms with E-state index in [-0.39, 0.29) is 16.8 Å². The molecule has 130 valence electrons. The van der Waals surface area contributed by atoms with Crippen LogP contribution in [-0.2, 0) is 24.8 Å². The molecule has 0 saturated heterocycles. The van der Waals surface area contributed by atoms with Crippen molar-refractivity contribution in [3.8, 4) is 0 Å². The zero-order chi connectivity index (χ0) is 18.2. The average Bonchev–Trinajstić information content (AvgIpc) is 2.53. The lowest BCUT2D eigenvalue weighted by Gasteiger charge is -2.18. The molecule has 0 aliphatic heterocycles. The van der Waals surface area contributed by atoms with Crippen LogP contribution < -0.4 is 10.6 Å². The molecule has 0 bridgehead atoms. The fraction of sp³-hybridized carbons (Fsp3) is 0.143. The number of benzene rings is 2. The summed E-state index contributed by atoms with van der Waals surface area (Å²) < 4.78 is 76.8. The first-order valence-electron chi connectivity index (χ1n) is 6.74. The van der Waals surface area contributed by atoms with Crippen LogP contribution in [0.15, 0.2) is 58.3 Å². The van der Waals surface area contributed by atoms with Crippen molar-refractivity contribution in [2.75, 3.05) is 6.16 Å². The molecule has 0 radical (unpaired) electrons. The van der Waals surface area contributed by atoms with Crippen LogP contribution >= 0.6 is 7.14 Å². The van der Waals surface area contributed by atoms with Crippen LogP contribution in [0.25, 0.3) is 0 Å². The van der Waals surface area contributed by atoms with Gasteiger partial charge in [-0.15, -0.1) is 0 Å². The molecule has 2 aromatic carbocycles. The van der Waals surface area contributed by atoms with Gasteiger partial charge in [-0.3, -0.25) is 9.11 Å².